The molecule has 8 heteroatoms. The van der Waals surface area contributed by atoms with Gasteiger partial charge in [-0.3, -0.25) is 0 Å². The maximum atomic E-state index is 7.27. The van der Waals surface area contributed by atoms with Gasteiger partial charge in [-0.05, 0) is 55.9 Å². The van der Waals surface area contributed by atoms with Crippen molar-refractivity contribution in [3.63, 3.8) is 0 Å². The van der Waals surface area contributed by atoms with E-state index >= 15 is 0 Å². The molecule has 0 saturated carbocycles. The van der Waals surface area contributed by atoms with Crippen LogP contribution in [-0.2, 0) is 0 Å². The maximum absolute atomic E-state index is 7.27. The van der Waals surface area contributed by atoms with Crippen molar-refractivity contribution in [1.82, 2.24) is 24.3 Å². The summed E-state index contributed by atoms with van der Waals surface area (Å²) in [6, 6.07) is 4.15. The van der Waals surface area contributed by atoms with Gasteiger partial charge < -0.3 is 10.6 Å². The molecule has 1 aliphatic carbocycles. The lowest BCUT2D eigenvalue weighted by Crippen LogP contribution is -2.29. The highest BCUT2D eigenvalue weighted by Gasteiger charge is 2.22. The third-order valence-electron chi connectivity index (χ3n) is 5.39. The lowest BCUT2D eigenvalue weighted by atomic mass is 9.96. The van der Waals surface area contributed by atoms with Crippen molar-refractivity contribution in [2.45, 2.75) is 32.1 Å². The van der Waals surface area contributed by atoms with Gasteiger partial charge in [-0.25, -0.2) is 9.83 Å². The quantitative estimate of drug-likeness (QED) is 0.636. The Kier molecular flexibility index (Phi) is 4.62. The van der Waals surface area contributed by atoms with Gasteiger partial charge in [-0.1, -0.05) is 12.2 Å². The summed E-state index contributed by atoms with van der Waals surface area (Å²) in [6.07, 6.45) is 8.84. The molecule has 1 fully saturated rings. The molecule has 1 saturated heterocycles. The molecule has 1 aliphatic heterocycles. The number of fused-ring (bicyclic) bond motifs is 1. The zero-order valence-electron chi connectivity index (χ0n) is 16.1. The van der Waals surface area contributed by atoms with Crippen LogP contribution in [0.25, 0.3) is 16.1 Å². The molecule has 3 aromatic heterocycles. The topological polar surface area (TPSA) is 71.5 Å². The normalized spacial score (nSPS) is 19.1. The summed E-state index contributed by atoms with van der Waals surface area (Å²) in [5.74, 6) is 1.27. The highest BCUT2D eigenvalue weighted by atomic mass is 32.1. The first-order valence-corrected chi connectivity index (χ1v) is 10.6. The van der Waals surface area contributed by atoms with Gasteiger partial charge in [0, 0.05) is 24.1 Å². The van der Waals surface area contributed by atoms with E-state index < -0.39 is 0 Å². The number of piperidine rings is 1. The number of rotatable bonds is 4. The smallest absolute Gasteiger partial charge is 0.169 e. The Bertz CT molecular complexity index is 1170. The predicted octanol–water partition coefficient (Wildman–Crippen LogP) is 4.30. The van der Waals surface area contributed by atoms with E-state index in [-0.39, 0.29) is 0 Å². The van der Waals surface area contributed by atoms with Crippen LogP contribution in [0.1, 0.15) is 42.1 Å². The first-order chi connectivity index (χ1) is 14.2. The number of aryl methyl sites for hydroxylation is 1. The van der Waals surface area contributed by atoms with Gasteiger partial charge in [-0.15, -0.1) is 0 Å². The Morgan fingerprint density at radius 3 is 3.03 bits per heavy atom. The van der Waals surface area contributed by atoms with E-state index in [2.05, 4.69) is 37.1 Å². The standard InChI is InChI=1S/C21H21N7S/c1-13-8-20(29-27-13)26-19-10-18(15-4-3-7-23-11-15)25-21-17(12-24-28(19)21)14-5-6-16(9-14)22-2/h5,8-10,12,15,23,26H,3-4,6-7,11H2,1H3. The van der Waals surface area contributed by atoms with E-state index in [0.29, 0.717) is 12.3 Å². The molecule has 0 bridgehead atoms. The second kappa shape index (κ2) is 7.43. The first kappa shape index (κ1) is 18.0. The molecule has 29 heavy (non-hydrogen) atoms. The molecule has 3 aromatic rings. The average molecular weight is 404 g/mol. The van der Waals surface area contributed by atoms with Gasteiger partial charge in [0.2, 0.25) is 0 Å². The third-order valence-corrected chi connectivity index (χ3v) is 6.19. The van der Waals surface area contributed by atoms with Crippen molar-refractivity contribution in [3.05, 3.63) is 64.5 Å². The Labute approximate surface area is 173 Å². The van der Waals surface area contributed by atoms with Gasteiger partial charge >= 0.3 is 0 Å². The van der Waals surface area contributed by atoms with Crippen LogP contribution in [0.15, 0.2) is 36.2 Å². The van der Waals surface area contributed by atoms with Crippen LogP contribution < -0.4 is 10.6 Å². The molecule has 146 valence electrons. The highest BCUT2D eigenvalue weighted by Crippen LogP contribution is 2.33. The summed E-state index contributed by atoms with van der Waals surface area (Å²) < 4.78 is 6.23. The zero-order chi connectivity index (χ0) is 19.8. The summed E-state index contributed by atoms with van der Waals surface area (Å²) >= 11 is 1.44. The molecule has 2 aliphatic rings. The highest BCUT2D eigenvalue weighted by molar-refractivity contribution is 7.10. The molecular weight excluding hydrogens is 382 g/mol. The van der Waals surface area contributed by atoms with Crippen LogP contribution in [0.3, 0.4) is 0 Å². The molecule has 0 radical (unpaired) electrons. The van der Waals surface area contributed by atoms with Gasteiger partial charge in [0.1, 0.15) is 10.8 Å². The number of hydrogen-bond donors (Lipinski definition) is 2. The maximum Gasteiger partial charge on any atom is 0.169 e. The van der Waals surface area contributed by atoms with Crippen LogP contribution in [-0.4, -0.2) is 32.1 Å². The first-order valence-electron chi connectivity index (χ1n) is 9.79. The summed E-state index contributed by atoms with van der Waals surface area (Å²) in [6.45, 7) is 11.3. The molecule has 4 heterocycles. The number of anilines is 2. The number of nitrogens with zero attached hydrogens (tertiary/aromatic N) is 5. The van der Waals surface area contributed by atoms with Crippen molar-refractivity contribution in [2.24, 2.45) is 0 Å². The number of nitrogens with one attached hydrogen (secondary N) is 2. The second-order valence-corrected chi connectivity index (χ2v) is 8.28. The fourth-order valence-corrected chi connectivity index (χ4v) is 4.58. The molecular formula is C21H21N7S. The Morgan fingerprint density at radius 2 is 2.31 bits per heavy atom. The number of aromatic nitrogens is 4. The molecule has 2 N–H and O–H groups in total. The Morgan fingerprint density at radius 1 is 1.38 bits per heavy atom. The van der Waals surface area contributed by atoms with Crippen molar-refractivity contribution in [2.75, 3.05) is 18.4 Å². The zero-order valence-corrected chi connectivity index (χ0v) is 17.0. The summed E-state index contributed by atoms with van der Waals surface area (Å²) in [5, 5.41) is 12.6. The Balaban J connectivity index is 1.62. The van der Waals surface area contributed by atoms with E-state index in [1.807, 2.05) is 29.8 Å². The number of hydrogen-bond acceptors (Lipinski definition) is 6. The summed E-state index contributed by atoms with van der Waals surface area (Å²) in [7, 11) is 0. The van der Waals surface area contributed by atoms with Gasteiger partial charge in [-0.2, -0.15) is 14.0 Å². The predicted molar refractivity (Wildman–Crippen MR) is 115 cm³/mol. The minimum Gasteiger partial charge on any atom is -0.331 e. The molecule has 0 aromatic carbocycles. The summed E-state index contributed by atoms with van der Waals surface area (Å²) in [4.78, 5) is 8.60. The van der Waals surface area contributed by atoms with Gasteiger partial charge in [0.05, 0.1) is 24.2 Å². The van der Waals surface area contributed by atoms with E-state index in [0.717, 1.165) is 70.6 Å². The van der Waals surface area contributed by atoms with Crippen LogP contribution in [0.2, 0.25) is 0 Å². The minimum atomic E-state index is 0.382. The third kappa shape index (κ3) is 3.43. The van der Waals surface area contributed by atoms with Crippen molar-refractivity contribution >= 4 is 33.6 Å². The lowest BCUT2D eigenvalue weighted by Gasteiger charge is -2.23. The lowest BCUT2D eigenvalue weighted by molar-refractivity contribution is 0.455. The van der Waals surface area contributed by atoms with E-state index in [1.54, 1.807) is 0 Å². The van der Waals surface area contributed by atoms with Crippen LogP contribution >= 0.6 is 11.5 Å². The monoisotopic (exact) mass is 403 g/mol. The fourth-order valence-electron chi connectivity index (χ4n) is 3.91. The Hall–Kier alpha value is -3.02. The summed E-state index contributed by atoms with van der Waals surface area (Å²) in [5.41, 5.74) is 5.64. The largest absolute Gasteiger partial charge is 0.331 e. The molecule has 0 spiro atoms. The second-order valence-electron chi connectivity index (χ2n) is 7.47. The molecule has 0 amide bonds. The van der Waals surface area contributed by atoms with E-state index in [9.17, 15) is 0 Å². The SMILES string of the molecule is [C-]#[N+]C1=CC(c2cnn3c(Nc4cc(C)ns4)cc(C4CCCNC4)nc23)=CC1. The minimum absolute atomic E-state index is 0.382. The van der Waals surface area contributed by atoms with Gasteiger partial charge in [0.15, 0.2) is 11.3 Å². The molecule has 5 rings (SSSR count). The number of allylic oxidation sites excluding steroid dienone is 3. The van der Waals surface area contributed by atoms with Crippen molar-refractivity contribution in [3.8, 4) is 0 Å². The van der Waals surface area contributed by atoms with E-state index in [4.69, 9.17) is 11.6 Å². The van der Waals surface area contributed by atoms with Gasteiger partial charge in [0.25, 0.3) is 0 Å². The van der Waals surface area contributed by atoms with Crippen molar-refractivity contribution < 1.29 is 0 Å². The fraction of sp³-hybridized carbons (Fsp3) is 0.333. The van der Waals surface area contributed by atoms with E-state index in [1.165, 1.54) is 11.5 Å². The average Bonchev–Trinajstić information content (AvgIpc) is 3.48. The van der Waals surface area contributed by atoms with Crippen molar-refractivity contribution in [1.29, 1.82) is 0 Å². The molecule has 1 atom stereocenters. The molecule has 7 nitrogen and oxygen atoms in total. The van der Waals surface area contributed by atoms with Crippen LogP contribution in [0.5, 0.6) is 0 Å². The molecule has 1 unspecified atom stereocenters. The van der Waals surface area contributed by atoms with Crippen LogP contribution in [0, 0.1) is 13.5 Å². The van der Waals surface area contributed by atoms with Crippen LogP contribution in [0.4, 0.5) is 10.8 Å².